The molecule has 5 heteroatoms. The molecule has 17 heavy (non-hydrogen) atoms. The van der Waals surface area contributed by atoms with E-state index in [0.29, 0.717) is 15.7 Å². The van der Waals surface area contributed by atoms with E-state index in [4.69, 9.17) is 5.73 Å². The van der Waals surface area contributed by atoms with Crippen molar-refractivity contribution in [3.63, 3.8) is 0 Å². The lowest BCUT2D eigenvalue weighted by atomic mass is 10.2. The van der Waals surface area contributed by atoms with Crippen LogP contribution in [0.1, 0.15) is 5.56 Å². The molecule has 0 fully saturated rings. The molecule has 0 bridgehead atoms. The molecule has 0 radical (unpaired) electrons. The molecule has 3 nitrogen and oxygen atoms in total. The van der Waals surface area contributed by atoms with Gasteiger partial charge in [-0.1, -0.05) is 22.0 Å². The summed E-state index contributed by atoms with van der Waals surface area (Å²) in [4.78, 5) is 11.5. The first-order valence-electron chi connectivity index (χ1n) is 4.96. The van der Waals surface area contributed by atoms with Crippen molar-refractivity contribution in [2.45, 2.75) is 6.54 Å². The van der Waals surface area contributed by atoms with Gasteiger partial charge in [0.2, 0.25) is 0 Å². The number of pyridine rings is 1. The Balaban J connectivity index is 2.38. The molecule has 0 aliphatic heterocycles. The molecule has 2 aromatic rings. The van der Waals surface area contributed by atoms with Crippen LogP contribution >= 0.6 is 15.9 Å². The molecule has 0 saturated heterocycles. The van der Waals surface area contributed by atoms with E-state index in [2.05, 4.69) is 15.9 Å². The van der Waals surface area contributed by atoms with Crippen LogP contribution < -0.4 is 11.3 Å². The van der Waals surface area contributed by atoms with Gasteiger partial charge in [-0.2, -0.15) is 0 Å². The first-order chi connectivity index (χ1) is 8.06. The molecule has 2 rings (SSSR count). The second kappa shape index (κ2) is 4.71. The number of nitrogens with zero attached hydrogens (tertiary/aromatic N) is 1. The number of hydrogen-bond donors (Lipinski definition) is 1. The second-order valence-electron chi connectivity index (χ2n) is 3.66. The van der Waals surface area contributed by atoms with Gasteiger partial charge in [0.25, 0.3) is 5.56 Å². The minimum atomic E-state index is -0.353. The number of benzene rings is 1. The lowest BCUT2D eigenvalue weighted by Gasteiger charge is -2.07. The highest BCUT2D eigenvalue weighted by Crippen LogP contribution is 2.16. The largest absolute Gasteiger partial charge is 0.398 e. The van der Waals surface area contributed by atoms with Crippen molar-refractivity contribution in [3.8, 4) is 0 Å². The normalized spacial score (nSPS) is 10.5. The van der Waals surface area contributed by atoms with Crippen molar-refractivity contribution in [2.75, 3.05) is 5.73 Å². The first kappa shape index (κ1) is 11.9. The molecule has 0 unspecified atom stereocenters. The van der Waals surface area contributed by atoms with Crippen LogP contribution in [-0.4, -0.2) is 4.57 Å². The molecule has 0 aliphatic rings. The van der Waals surface area contributed by atoms with Gasteiger partial charge in [0.05, 0.1) is 6.54 Å². The van der Waals surface area contributed by atoms with Gasteiger partial charge in [-0.05, 0) is 18.2 Å². The number of nitrogens with two attached hydrogens (primary N) is 1. The first-order valence-corrected chi connectivity index (χ1v) is 5.75. The summed E-state index contributed by atoms with van der Waals surface area (Å²) in [5.74, 6) is -0.353. The molecule has 0 amide bonds. The van der Waals surface area contributed by atoms with Crippen LogP contribution in [0, 0.1) is 5.82 Å². The van der Waals surface area contributed by atoms with Crippen LogP contribution in [0.2, 0.25) is 0 Å². The molecule has 0 saturated carbocycles. The number of hydrogen-bond acceptors (Lipinski definition) is 2. The fraction of sp³-hybridized carbons (Fsp3) is 0.0833. The predicted molar refractivity (Wildman–Crippen MR) is 68.3 cm³/mol. The zero-order chi connectivity index (χ0) is 12.4. The highest BCUT2D eigenvalue weighted by Gasteiger charge is 2.05. The summed E-state index contributed by atoms with van der Waals surface area (Å²) in [6, 6.07) is 7.63. The fourth-order valence-electron chi connectivity index (χ4n) is 1.51. The van der Waals surface area contributed by atoms with E-state index in [1.54, 1.807) is 12.1 Å². The summed E-state index contributed by atoms with van der Waals surface area (Å²) in [7, 11) is 0. The molecule has 1 heterocycles. The van der Waals surface area contributed by atoms with Crippen LogP contribution in [0.3, 0.4) is 0 Å². The van der Waals surface area contributed by atoms with Crippen LogP contribution in [-0.2, 0) is 6.54 Å². The van der Waals surface area contributed by atoms with Gasteiger partial charge in [0.15, 0.2) is 0 Å². The Morgan fingerprint density at radius 2 is 2.06 bits per heavy atom. The van der Waals surface area contributed by atoms with Crippen molar-refractivity contribution in [1.29, 1.82) is 0 Å². The van der Waals surface area contributed by atoms with Crippen molar-refractivity contribution in [2.24, 2.45) is 0 Å². The summed E-state index contributed by atoms with van der Waals surface area (Å²) < 4.78 is 15.6. The van der Waals surface area contributed by atoms with Crippen molar-refractivity contribution >= 4 is 21.6 Å². The van der Waals surface area contributed by atoms with Crippen LogP contribution in [0.4, 0.5) is 10.1 Å². The Kier molecular flexibility index (Phi) is 3.28. The Hall–Kier alpha value is -1.62. The van der Waals surface area contributed by atoms with Gasteiger partial charge in [-0.3, -0.25) is 4.79 Å². The smallest absolute Gasteiger partial charge is 0.250 e. The number of nitrogen functional groups attached to an aromatic ring is 1. The Morgan fingerprint density at radius 1 is 1.29 bits per heavy atom. The Labute approximate surface area is 106 Å². The minimum Gasteiger partial charge on any atom is -0.398 e. The third kappa shape index (κ3) is 2.74. The molecule has 2 N–H and O–H groups in total. The van der Waals surface area contributed by atoms with Crippen LogP contribution in [0.15, 0.2) is 45.8 Å². The summed E-state index contributed by atoms with van der Waals surface area (Å²) in [6.45, 7) is 0.170. The molecular formula is C12H10BrFN2O. The standard InChI is InChI=1S/C12H10BrFN2O/c13-9-2-1-8(11(14)5-9)6-16-7-10(15)3-4-12(16)17/h1-5,7H,6,15H2. The number of anilines is 1. The zero-order valence-electron chi connectivity index (χ0n) is 8.86. The summed E-state index contributed by atoms with van der Waals surface area (Å²) in [6.07, 6.45) is 1.50. The molecule has 1 aromatic heterocycles. The van der Waals surface area contributed by atoms with Gasteiger partial charge in [-0.15, -0.1) is 0 Å². The summed E-state index contributed by atoms with van der Waals surface area (Å²) in [5, 5.41) is 0. The number of aromatic nitrogens is 1. The lowest BCUT2D eigenvalue weighted by molar-refractivity contribution is 0.595. The molecular weight excluding hydrogens is 287 g/mol. The van der Waals surface area contributed by atoms with E-state index in [0.717, 1.165) is 0 Å². The summed E-state index contributed by atoms with van der Waals surface area (Å²) in [5.41, 5.74) is 6.29. The highest BCUT2D eigenvalue weighted by atomic mass is 79.9. The van der Waals surface area contributed by atoms with E-state index < -0.39 is 0 Å². The SMILES string of the molecule is Nc1ccc(=O)n(Cc2ccc(Br)cc2F)c1. The van der Waals surface area contributed by atoms with Gasteiger partial charge in [-0.25, -0.2) is 4.39 Å². The van der Waals surface area contributed by atoms with E-state index in [-0.39, 0.29) is 17.9 Å². The van der Waals surface area contributed by atoms with Crippen molar-refractivity contribution in [3.05, 3.63) is 62.7 Å². The topological polar surface area (TPSA) is 48.0 Å². The molecule has 1 aromatic carbocycles. The number of rotatable bonds is 2. The van der Waals surface area contributed by atoms with Gasteiger partial charge in [0, 0.05) is 28.0 Å². The van der Waals surface area contributed by atoms with E-state index in [1.807, 2.05) is 0 Å². The third-order valence-corrected chi connectivity index (χ3v) is 2.86. The summed E-state index contributed by atoms with van der Waals surface area (Å²) >= 11 is 3.18. The maximum atomic E-state index is 13.6. The van der Waals surface area contributed by atoms with E-state index >= 15 is 0 Å². The Morgan fingerprint density at radius 3 is 2.76 bits per heavy atom. The van der Waals surface area contributed by atoms with Crippen molar-refractivity contribution in [1.82, 2.24) is 4.57 Å². The highest BCUT2D eigenvalue weighted by molar-refractivity contribution is 9.10. The maximum Gasteiger partial charge on any atom is 0.250 e. The quantitative estimate of drug-likeness (QED) is 0.925. The minimum absolute atomic E-state index is 0.170. The molecule has 0 spiro atoms. The molecule has 88 valence electrons. The average Bonchev–Trinajstić information content (AvgIpc) is 2.27. The average molecular weight is 297 g/mol. The molecule has 0 aliphatic carbocycles. The maximum absolute atomic E-state index is 13.6. The van der Waals surface area contributed by atoms with Gasteiger partial charge < -0.3 is 10.3 Å². The lowest BCUT2D eigenvalue weighted by Crippen LogP contribution is -2.20. The number of halogens is 2. The van der Waals surface area contributed by atoms with E-state index in [9.17, 15) is 9.18 Å². The van der Waals surface area contributed by atoms with Gasteiger partial charge in [0.1, 0.15) is 5.82 Å². The monoisotopic (exact) mass is 296 g/mol. The van der Waals surface area contributed by atoms with Gasteiger partial charge >= 0.3 is 0 Å². The third-order valence-electron chi connectivity index (χ3n) is 2.36. The van der Waals surface area contributed by atoms with E-state index in [1.165, 1.54) is 29.0 Å². The Bertz CT molecular complexity index is 610. The second-order valence-corrected chi connectivity index (χ2v) is 4.58. The van der Waals surface area contributed by atoms with Crippen LogP contribution in [0.25, 0.3) is 0 Å². The van der Waals surface area contributed by atoms with Crippen LogP contribution in [0.5, 0.6) is 0 Å². The fourth-order valence-corrected chi connectivity index (χ4v) is 1.84. The van der Waals surface area contributed by atoms with Crippen molar-refractivity contribution < 1.29 is 4.39 Å². The predicted octanol–water partition coefficient (Wildman–Crippen LogP) is 2.38. The zero-order valence-corrected chi connectivity index (χ0v) is 10.4. The molecule has 0 atom stereocenters.